The summed E-state index contributed by atoms with van der Waals surface area (Å²) >= 11 is 0. The van der Waals surface area contributed by atoms with Gasteiger partial charge >= 0.3 is 0 Å². The van der Waals surface area contributed by atoms with Crippen molar-refractivity contribution in [3.05, 3.63) is 140 Å². The fraction of sp³-hybridized carbons (Fsp3) is 0.432. The normalized spacial score (nSPS) is 19.7. The van der Waals surface area contributed by atoms with E-state index in [9.17, 15) is 0 Å². The van der Waals surface area contributed by atoms with Crippen LogP contribution in [0, 0.1) is 13.8 Å². The summed E-state index contributed by atoms with van der Waals surface area (Å²) in [6.07, 6.45) is 10.7. The second-order valence-electron chi connectivity index (χ2n) is 27.4. The third-order valence-electron chi connectivity index (χ3n) is 21.0. The first-order valence-corrected chi connectivity index (χ1v) is 30.4. The Kier molecular flexibility index (Phi) is 10.2. The van der Waals surface area contributed by atoms with Crippen molar-refractivity contribution in [3.63, 3.8) is 0 Å². The summed E-state index contributed by atoms with van der Waals surface area (Å²) in [5.74, 6) is 5.19. The van der Waals surface area contributed by atoms with Crippen molar-refractivity contribution < 1.29 is 0 Å². The average Bonchev–Trinajstić information content (AvgIpc) is 4.25. The van der Waals surface area contributed by atoms with Crippen molar-refractivity contribution in [2.24, 2.45) is 0 Å². The van der Waals surface area contributed by atoms with Crippen LogP contribution in [0.2, 0.25) is 0 Å². The number of benzene rings is 7. The maximum absolute atomic E-state index is 2.77. The van der Waals surface area contributed by atoms with E-state index in [2.05, 4.69) is 179 Å². The van der Waals surface area contributed by atoms with Gasteiger partial charge in [0.15, 0.2) is 0 Å². The molecule has 0 radical (unpaired) electrons. The Balaban J connectivity index is 1.13. The zero-order valence-electron chi connectivity index (χ0n) is 48.3. The highest BCUT2D eigenvalue weighted by molar-refractivity contribution is 6.31. The zero-order chi connectivity index (χ0) is 52.4. The maximum Gasteiger partial charge on any atom is 0.0621 e. The lowest BCUT2D eigenvalue weighted by Gasteiger charge is -2.40. The van der Waals surface area contributed by atoms with E-state index in [0.717, 1.165) is 0 Å². The van der Waals surface area contributed by atoms with Gasteiger partial charge in [0.05, 0.1) is 33.1 Å². The van der Waals surface area contributed by atoms with Crippen LogP contribution < -0.4 is 0 Å². The molecule has 0 spiro atoms. The number of rotatable bonds is 8. The molecule has 2 fully saturated rings. The predicted octanol–water partition coefficient (Wildman–Crippen LogP) is 22.2. The number of hydrogen-bond acceptors (Lipinski definition) is 0. The van der Waals surface area contributed by atoms with Crippen LogP contribution in [-0.4, -0.2) is 8.80 Å². The maximum atomic E-state index is 2.77. The van der Waals surface area contributed by atoms with Gasteiger partial charge in [-0.3, -0.25) is 0 Å². The fourth-order valence-electron chi connectivity index (χ4n) is 17.4. The van der Waals surface area contributed by atoms with E-state index in [4.69, 9.17) is 0 Å². The minimum Gasteiger partial charge on any atom is -0.308 e. The third-order valence-corrected chi connectivity index (χ3v) is 21.0. The first-order chi connectivity index (χ1) is 36.5. The molecule has 11 aromatic rings. The predicted molar refractivity (Wildman–Crippen MR) is 329 cm³/mol. The average molecular weight is 997 g/mol. The van der Waals surface area contributed by atoms with Crippen LogP contribution >= 0.6 is 0 Å². The quantitative estimate of drug-likeness (QED) is 0.143. The number of aryl methyl sites for hydroxylation is 2. The van der Waals surface area contributed by atoms with E-state index in [1.54, 1.807) is 33.0 Å². The molecule has 17 rings (SSSR count). The van der Waals surface area contributed by atoms with E-state index < -0.39 is 0 Å². The molecular weight excluding hydrogens is 917 g/mol. The smallest absolute Gasteiger partial charge is 0.0621 e. The van der Waals surface area contributed by atoms with Crippen LogP contribution in [-0.2, 0) is 0 Å². The number of nitrogens with zero attached hydrogens (tertiary/aromatic N) is 2. The van der Waals surface area contributed by atoms with Crippen molar-refractivity contribution in [2.45, 2.75) is 207 Å². The van der Waals surface area contributed by atoms with Crippen LogP contribution in [0.1, 0.15) is 260 Å². The summed E-state index contributed by atoms with van der Waals surface area (Å²) in [6.45, 7) is 33.8. The topological polar surface area (TPSA) is 8.82 Å². The van der Waals surface area contributed by atoms with Crippen molar-refractivity contribution in [1.29, 1.82) is 0 Å². The molecule has 0 unspecified atom stereocenters. The zero-order valence-corrected chi connectivity index (χ0v) is 48.3. The van der Waals surface area contributed by atoms with Gasteiger partial charge in [0, 0.05) is 43.1 Å². The molecule has 2 heteroatoms. The minimum absolute atomic E-state index is 0.400. The molecular formula is C74H80N2. The molecule has 386 valence electrons. The molecule has 4 aromatic heterocycles. The minimum atomic E-state index is 0.400. The molecule has 2 nitrogen and oxygen atoms in total. The van der Waals surface area contributed by atoms with Gasteiger partial charge in [-0.15, -0.1) is 0 Å². The summed E-state index contributed by atoms with van der Waals surface area (Å²) in [7, 11) is 0. The lowest BCUT2D eigenvalue weighted by Crippen LogP contribution is -2.23. The summed E-state index contributed by atoms with van der Waals surface area (Å²) in [5.41, 5.74) is 32.9. The standard InChI is InChI=1S/C74H80N2/c1-35(2)47-25-51(37(5)6)67(52(26-47)38(7)8)49-29-57-55-33-62-56(34-61(55)75-63-23-41(13)65-43-15-19-45(20-16-43)69(65)71(63)59(31-49)73(57)75)58-30-50(68-53(39(9)10)27-48(36(3)4)28-54(68)40(11)12)32-60-72-64(76(62)74(58)60)24-42(14)66-44-17-21-46(22-18-44)70(66)72/h23-40,43-46H,15-22H2,1-14H3. The second-order valence-corrected chi connectivity index (χ2v) is 27.4. The lowest BCUT2D eigenvalue weighted by molar-refractivity contribution is 0.360. The summed E-state index contributed by atoms with van der Waals surface area (Å²) in [5, 5.41) is 11.7. The van der Waals surface area contributed by atoms with Gasteiger partial charge in [-0.05, 0) is 262 Å². The van der Waals surface area contributed by atoms with Gasteiger partial charge in [0.1, 0.15) is 0 Å². The molecule has 0 amide bonds. The van der Waals surface area contributed by atoms with Gasteiger partial charge < -0.3 is 8.80 Å². The Hall–Kier alpha value is -5.86. The first-order valence-electron chi connectivity index (χ1n) is 30.4. The second kappa shape index (κ2) is 16.3. The highest BCUT2D eigenvalue weighted by atomic mass is 14.9. The molecule has 76 heavy (non-hydrogen) atoms. The Morgan fingerprint density at radius 3 is 0.921 bits per heavy atom. The molecule has 6 aliphatic rings. The Bertz CT molecular complexity index is 3940. The molecule has 6 aliphatic carbocycles. The van der Waals surface area contributed by atoms with Crippen LogP contribution in [0.15, 0.2) is 72.8 Å². The van der Waals surface area contributed by atoms with E-state index >= 15 is 0 Å². The van der Waals surface area contributed by atoms with E-state index in [-0.39, 0.29) is 0 Å². The van der Waals surface area contributed by atoms with Crippen LogP contribution in [0.25, 0.3) is 98.4 Å². The summed E-state index contributed by atoms with van der Waals surface area (Å²) < 4.78 is 5.54. The van der Waals surface area contributed by atoms with Crippen molar-refractivity contribution >= 4 is 76.2 Å². The van der Waals surface area contributed by atoms with Crippen molar-refractivity contribution in [2.75, 3.05) is 0 Å². The van der Waals surface area contributed by atoms with Gasteiger partial charge in [0.25, 0.3) is 0 Å². The highest BCUT2D eigenvalue weighted by Gasteiger charge is 2.40. The molecule has 7 aromatic carbocycles. The number of fused-ring (bicyclic) bond motifs is 16. The largest absolute Gasteiger partial charge is 0.308 e. The lowest BCUT2D eigenvalue weighted by atomic mass is 9.65. The molecule has 0 atom stereocenters. The van der Waals surface area contributed by atoms with E-state index in [1.807, 2.05) is 0 Å². The van der Waals surface area contributed by atoms with Gasteiger partial charge in [-0.2, -0.15) is 0 Å². The number of hydrogen-bond donors (Lipinski definition) is 0. The van der Waals surface area contributed by atoms with Crippen molar-refractivity contribution in [3.8, 4) is 22.3 Å². The Morgan fingerprint density at radius 1 is 0.316 bits per heavy atom. The van der Waals surface area contributed by atoms with Gasteiger partial charge in [-0.1, -0.05) is 107 Å². The molecule has 4 heterocycles. The van der Waals surface area contributed by atoms with E-state index in [0.29, 0.717) is 59.2 Å². The summed E-state index contributed by atoms with van der Waals surface area (Å²) in [4.78, 5) is 0. The van der Waals surface area contributed by atoms with Gasteiger partial charge in [0.2, 0.25) is 0 Å². The third kappa shape index (κ3) is 6.22. The van der Waals surface area contributed by atoms with Crippen LogP contribution in [0.3, 0.4) is 0 Å². The van der Waals surface area contributed by atoms with E-state index in [1.165, 1.54) is 184 Å². The first kappa shape index (κ1) is 47.4. The molecule has 2 saturated carbocycles. The summed E-state index contributed by atoms with van der Waals surface area (Å²) in [6, 6.07) is 31.6. The molecule has 0 saturated heterocycles. The van der Waals surface area contributed by atoms with Gasteiger partial charge in [-0.25, -0.2) is 0 Å². The molecule has 0 N–H and O–H groups in total. The van der Waals surface area contributed by atoms with Crippen LogP contribution in [0.4, 0.5) is 0 Å². The van der Waals surface area contributed by atoms with Crippen LogP contribution in [0.5, 0.6) is 0 Å². The monoisotopic (exact) mass is 997 g/mol. The SMILES string of the molecule is Cc1cc2c(c3c1C1CCC3CC1)c1cc(-c3c(C(C)C)cc(C(C)C)cc3C(C)C)cc3c4cc5c(cc4n2c31)c1cc(-c2c(C(C)C)cc(C(C)C)cc2C(C)C)cc2c3c4c(c(C)cc3n5c12)C1CCC4CC1. The highest BCUT2D eigenvalue weighted by Crippen LogP contribution is 2.59. The molecule has 0 aliphatic heterocycles. The number of aromatic nitrogens is 2. The van der Waals surface area contributed by atoms with Crippen molar-refractivity contribution in [1.82, 2.24) is 8.80 Å². The Morgan fingerprint density at radius 2 is 0.618 bits per heavy atom. The molecule has 4 bridgehead atoms. The Labute approximate surface area is 451 Å². The fourth-order valence-corrected chi connectivity index (χ4v) is 17.4.